The van der Waals surface area contributed by atoms with Crippen LogP contribution in [0.3, 0.4) is 0 Å². The molecule has 7 nitrogen and oxygen atoms in total. The molecule has 1 heterocycles. The van der Waals surface area contributed by atoms with Crippen molar-refractivity contribution in [3.8, 4) is 17.2 Å². The second kappa shape index (κ2) is 10.4. The normalized spacial score (nSPS) is 16.7. The van der Waals surface area contributed by atoms with Crippen molar-refractivity contribution in [3.63, 3.8) is 0 Å². The zero-order chi connectivity index (χ0) is 26.9. The molecule has 1 aliphatic heterocycles. The Balaban J connectivity index is 1.99. The highest BCUT2D eigenvalue weighted by molar-refractivity contribution is 6.51. The van der Waals surface area contributed by atoms with E-state index in [1.165, 1.54) is 4.90 Å². The molecule has 37 heavy (non-hydrogen) atoms. The molecule has 1 amide bonds. The molecular formula is C30H31NO6. The number of ketones is 1. The lowest BCUT2D eigenvalue weighted by Gasteiger charge is -2.27. The topological polar surface area (TPSA) is 85.3 Å². The van der Waals surface area contributed by atoms with Gasteiger partial charge in [-0.1, -0.05) is 18.2 Å². The number of amides is 1. The number of aliphatic hydroxyl groups is 1. The molecule has 1 fully saturated rings. The van der Waals surface area contributed by atoms with Crippen LogP contribution in [0.1, 0.15) is 40.8 Å². The van der Waals surface area contributed by atoms with Crippen molar-refractivity contribution in [2.45, 2.75) is 33.7 Å². The van der Waals surface area contributed by atoms with E-state index in [1.807, 2.05) is 45.9 Å². The van der Waals surface area contributed by atoms with Gasteiger partial charge in [-0.3, -0.25) is 14.5 Å². The van der Waals surface area contributed by atoms with Gasteiger partial charge in [0.2, 0.25) is 0 Å². The van der Waals surface area contributed by atoms with Crippen LogP contribution in [0.5, 0.6) is 17.2 Å². The fourth-order valence-electron chi connectivity index (χ4n) is 4.69. The van der Waals surface area contributed by atoms with E-state index < -0.39 is 17.7 Å². The Morgan fingerprint density at radius 1 is 0.865 bits per heavy atom. The molecular weight excluding hydrogens is 470 g/mol. The van der Waals surface area contributed by atoms with E-state index in [4.69, 9.17) is 14.2 Å². The number of hydrogen-bond acceptors (Lipinski definition) is 6. The molecule has 0 aliphatic carbocycles. The molecule has 1 aliphatic rings. The molecule has 0 aromatic heterocycles. The summed E-state index contributed by atoms with van der Waals surface area (Å²) in [7, 11) is 3.11. The summed E-state index contributed by atoms with van der Waals surface area (Å²) in [5.74, 6) is -0.0598. The van der Waals surface area contributed by atoms with Gasteiger partial charge in [0.1, 0.15) is 11.5 Å². The second-order valence-corrected chi connectivity index (χ2v) is 8.99. The molecule has 7 heteroatoms. The highest BCUT2D eigenvalue weighted by atomic mass is 16.5. The Kier molecular flexibility index (Phi) is 7.25. The van der Waals surface area contributed by atoms with Gasteiger partial charge in [-0.15, -0.1) is 0 Å². The summed E-state index contributed by atoms with van der Waals surface area (Å²) >= 11 is 0. The summed E-state index contributed by atoms with van der Waals surface area (Å²) < 4.78 is 16.6. The average Bonchev–Trinajstić information content (AvgIpc) is 3.15. The van der Waals surface area contributed by atoms with Crippen LogP contribution in [0.25, 0.3) is 5.76 Å². The van der Waals surface area contributed by atoms with Gasteiger partial charge < -0.3 is 19.3 Å². The van der Waals surface area contributed by atoms with Crippen LogP contribution >= 0.6 is 0 Å². The third-order valence-corrected chi connectivity index (χ3v) is 6.54. The van der Waals surface area contributed by atoms with E-state index in [0.29, 0.717) is 40.7 Å². The highest BCUT2D eigenvalue weighted by Crippen LogP contribution is 2.45. The van der Waals surface area contributed by atoms with Crippen molar-refractivity contribution in [1.82, 2.24) is 0 Å². The van der Waals surface area contributed by atoms with Crippen molar-refractivity contribution >= 4 is 23.1 Å². The molecule has 3 aromatic rings. The molecule has 1 saturated heterocycles. The standard InChI is InChI=1S/C30H31NO6/c1-7-37-25-16-20(10-13-24(25)36-6)27-26(28(32)21-11-12-23(35-5)19(4)15-21)29(33)30(34)31(27)22-14-17(2)8-9-18(22)3/h8-16,27,32H,7H2,1-6H3/b28-26-. The van der Waals surface area contributed by atoms with Crippen molar-refractivity contribution in [1.29, 1.82) is 0 Å². The monoisotopic (exact) mass is 501 g/mol. The first kappa shape index (κ1) is 25.8. The SMILES string of the molecule is CCOc1cc(C2/C(=C(/O)c3ccc(OC)c(C)c3)C(=O)C(=O)N2c2cc(C)ccc2C)ccc1OC. The first-order chi connectivity index (χ1) is 17.7. The molecule has 1 unspecified atom stereocenters. The van der Waals surface area contributed by atoms with Gasteiger partial charge in [-0.05, 0) is 86.3 Å². The van der Waals surface area contributed by atoms with E-state index in [1.54, 1.807) is 50.6 Å². The first-order valence-electron chi connectivity index (χ1n) is 12.1. The number of ether oxygens (including phenoxy) is 3. The smallest absolute Gasteiger partial charge is 0.300 e. The number of methoxy groups -OCH3 is 2. The van der Waals surface area contributed by atoms with E-state index in [0.717, 1.165) is 16.7 Å². The minimum atomic E-state index is -0.881. The number of aryl methyl sites for hydroxylation is 3. The van der Waals surface area contributed by atoms with Gasteiger partial charge in [0.25, 0.3) is 11.7 Å². The summed E-state index contributed by atoms with van der Waals surface area (Å²) in [5.41, 5.74) is 4.19. The lowest BCUT2D eigenvalue weighted by Crippen LogP contribution is -2.30. The molecule has 192 valence electrons. The van der Waals surface area contributed by atoms with Crippen LogP contribution in [-0.4, -0.2) is 37.6 Å². The second-order valence-electron chi connectivity index (χ2n) is 8.99. The summed E-state index contributed by atoms with van der Waals surface area (Å²) in [6.45, 7) is 7.93. The van der Waals surface area contributed by atoms with Gasteiger partial charge in [0.05, 0.1) is 32.4 Å². The van der Waals surface area contributed by atoms with Gasteiger partial charge in [-0.25, -0.2) is 0 Å². The molecule has 0 saturated carbocycles. The fourth-order valence-corrected chi connectivity index (χ4v) is 4.69. The molecule has 4 rings (SSSR count). The van der Waals surface area contributed by atoms with Crippen LogP contribution in [-0.2, 0) is 9.59 Å². The summed E-state index contributed by atoms with van der Waals surface area (Å²) in [6, 6.07) is 15.2. The zero-order valence-electron chi connectivity index (χ0n) is 21.9. The van der Waals surface area contributed by atoms with Gasteiger partial charge >= 0.3 is 0 Å². The van der Waals surface area contributed by atoms with Crippen molar-refractivity contribution < 1.29 is 28.9 Å². The Bertz CT molecular complexity index is 1410. The third-order valence-electron chi connectivity index (χ3n) is 6.54. The molecule has 0 radical (unpaired) electrons. The first-order valence-corrected chi connectivity index (χ1v) is 12.1. The van der Waals surface area contributed by atoms with Crippen LogP contribution in [0.2, 0.25) is 0 Å². The van der Waals surface area contributed by atoms with E-state index in [-0.39, 0.29) is 11.3 Å². The Morgan fingerprint density at radius 3 is 2.22 bits per heavy atom. The maximum atomic E-state index is 13.6. The number of carbonyl (C=O) groups excluding carboxylic acids is 2. The number of aliphatic hydroxyl groups excluding tert-OH is 1. The number of hydrogen-bond donors (Lipinski definition) is 1. The van der Waals surface area contributed by atoms with Crippen LogP contribution in [0, 0.1) is 20.8 Å². The maximum absolute atomic E-state index is 13.6. The van der Waals surface area contributed by atoms with Crippen molar-refractivity contribution in [3.05, 3.63) is 88.0 Å². The molecule has 1 atom stereocenters. The molecule has 3 aromatic carbocycles. The summed E-state index contributed by atoms with van der Waals surface area (Å²) in [6.07, 6.45) is 0. The Morgan fingerprint density at radius 2 is 1.57 bits per heavy atom. The van der Waals surface area contributed by atoms with E-state index >= 15 is 0 Å². The largest absolute Gasteiger partial charge is 0.507 e. The number of benzene rings is 3. The number of rotatable bonds is 7. The third kappa shape index (κ3) is 4.65. The zero-order valence-corrected chi connectivity index (χ0v) is 21.9. The summed E-state index contributed by atoms with van der Waals surface area (Å²) in [5, 5.41) is 11.5. The predicted octanol–water partition coefficient (Wildman–Crippen LogP) is 5.65. The highest BCUT2D eigenvalue weighted by Gasteiger charge is 2.47. The summed E-state index contributed by atoms with van der Waals surface area (Å²) in [4.78, 5) is 28.6. The number of nitrogens with zero attached hydrogens (tertiary/aromatic N) is 1. The lowest BCUT2D eigenvalue weighted by molar-refractivity contribution is -0.132. The Hall–Kier alpha value is -4.26. The van der Waals surface area contributed by atoms with Gasteiger partial charge in [-0.2, -0.15) is 0 Å². The average molecular weight is 502 g/mol. The van der Waals surface area contributed by atoms with E-state index in [2.05, 4.69) is 0 Å². The van der Waals surface area contributed by atoms with Crippen LogP contribution in [0.15, 0.2) is 60.2 Å². The molecule has 0 spiro atoms. The number of carbonyl (C=O) groups is 2. The van der Waals surface area contributed by atoms with Gasteiger partial charge in [0.15, 0.2) is 11.5 Å². The molecule has 1 N–H and O–H groups in total. The van der Waals surface area contributed by atoms with Crippen molar-refractivity contribution in [2.75, 3.05) is 25.7 Å². The van der Waals surface area contributed by atoms with Gasteiger partial charge in [0, 0.05) is 11.3 Å². The maximum Gasteiger partial charge on any atom is 0.300 e. The fraction of sp³-hybridized carbons (Fsp3) is 0.267. The van der Waals surface area contributed by atoms with E-state index in [9.17, 15) is 14.7 Å². The number of Topliss-reactive ketones (excluding diaryl/α,β-unsaturated/α-hetero) is 1. The minimum Gasteiger partial charge on any atom is -0.507 e. The number of anilines is 1. The molecule has 0 bridgehead atoms. The minimum absolute atomic E-state index is 0.00286. The van der Waals surface area contributed by atoms with Crippen LogP contribution < -0.4 is 19.1 Å². The van der Waals surface area contributed by atoms with Crippen molar-refractivity contribution in [2.24, 2.45) is 0 Å². The lowest BCUT2D eigenvalue weighted by atomic mass is 9.94. The van der Waals surface area contributed by atoms with Crippen LogP contribution in [0.4, 0.5) is 5.69 Å². The Labute approximate surface area is 216 Å². The predicted molar refractivity (Wildman–Crippen MR) is 143 cm³/mol. The quantitative estimate of drug-likeness (QED) is 0.256.